The number of halogens is 1. The van der Waals surface area contributed by atoms with Crippen LogP contribution in [0, 0.1) is 0 Å². The second-order valence-corrected chi connectivity index (χ2v) is 4.51. The van der Waals surface area contributed by atoms with E-state index in [1.165, 1.54) is 0 Å². The van der Waals surface area contributed by atoms with Gasteiger partial charge in [-0.2, -0.15) is 0 Å². The van der Waals surface area contributed by atoms with Gasteiger partial charge in [-0.15, -0.1) is 0 Å². The quantitative estimate of drug-likeness (QED) is 0.818. The molecule has 0 bridgehead atoms. The van der Waals surface area contributed by atoms with Gasteiger partial charge in [0.25, 0.3) is 0 Å². The standard InChI is InChI=1S/C12H12BrNO/c1-8(15)7-11-12(13)9-5-3-4-6-10(9)14(11)2/h3-6H,7H2,1-2H3. The molecule has 0 fully saturated rings. The molecule has 3 heteroatoms. The Morgan fingerprint density at radius 1 is 1.40 bits per heavy atom. The monoisotopic (exact) mass is 265 g/mol. The molecule has 0 amide bonds. The zero-order valence-corrected chi connectivity index (χ0v) is 10.3. The van der Waals surface area contributed by atoms with E-state index in [1.807, 2.05) is 19.2 Å². The van der Waals surface area contributed by atoms with E-state index in [4.69, 9.17) is 0 Å². The summed E-state index contributed by atoms with van der Waals surface area (Å²) in [5, 5.41) is 1.16. The third kappa shape index (κ3) is 1.72. The maximum Gasteiger partial charge on any atom is 0.135 e. The van der Waals surface area contributed by atoms with E-state index >= 15 is 0 Å². The predicted octanol–water partition coefficient (Wildman–Crippen LogP) is 3.07. The van der Waals surface area contributed by atoms with Gasteiger partial charge < -0.3 is 4.57 Å². The predicted molar refractivity (Wildman–Crippen MR) is 65.0 cm³/mol. The molecule has 0 radical (unpaired) electrons. The molecule has 2 aromatic rings. The van der Waals surface area contributed by atoms with Crippen LogP contribution in [0.25, 0.3) is 10.9 Å². The molecule has 1 aromatic heterocycles. The van der Waals surface area contributed by atoms with E-state index in [1.54, 1.807) is 6.92 Å². The number of hydrogen-bond acceptors (Lipinski definition) is 1. The largest absolute Gasteiger partial charge is 0.346 e. The van der Waals surface area contributed by atoms with E-state index in [0.717, 1.165) is 21.1 Å². The van der Waals surface area contributed by atoms with E-state index < -0.39 is 0 Å². The van der Waals surface area contributed by atoms with Crippen LogP contribution in [0.4, 0.5) is 0 Å². The zero-order valence-electron chi connectivity index (χ0n) is 8.75. The number of fused-ring (bicyclic) bond motifs is 1. The highest BCUT2D eigenvalue weighted by atomic mass is 79.9. The van der Waals surface area contributed by atoms with Crippen molar-refractivity contribution in [1.82, 2.24) is 4.57 Å². The molecule has 15 heavy (non-hydrogen) atoms. The molecule has 0 atom stereocenters. The average molecular weight is 266 g/mol. The zero-order chi connectivity index (χ0) is 11.0. The molecular formula is C12H12BrNO. The molecular weight excluding hydrogens is 254 g/mol. The van der Waals surface area contributed by atoms with Gasteiger partial charge in [-0.05, 0) is 28.9 Å². The first-order chi connectivity index (χ1) is 7.11. The number of aromatic nitrogens is 1. The van der Waals surface area contributed by atoms with Gasteiger partial charge in [0.15, 0.2) is 0 Å². The number of ketones is 1. The molecule has 1 aromatic carbocycles. The lowest BCUT2D eigenvalue weighted by Crippen LogP contribution is -2.03. The first-order valence-electron chi connectivity index (χ1n) is 4.82. The summed E-state index contributed by atoms with van der Waals surface area (Å²) in [6, 6.07) is 8.13. The lowest BCUT2D eigenvalue weighted by atomic mass is 10.2. The molecule has 2 nitrogen and oxygen atoms in total. The summed E-state index contributed by atoms with van der Waals surface area (Å²) in [5.41, 5.74) is 2.20. The van der Waals surface area contributed by atoms with Gasteiger partial charge in [0.2, 0.25) is 0 Å². The summed E-state index contributed by atoms with van der Waals surface area (Å²) < 4.78 is 3.11. The molecule has 0 spiro atoms. The summed E-state index contributed by atoms with van der Waals surface area (Å²) in [5.74, 6) is 0.182. The first kappa shape index (κ1) is 10.4. The normalized spacial score (nSPS) is 10.9. The number of rotatable bonds is 2. The highest BCUT2D eigenvalue weighted by Gasteiger charge is 2.13. The summed E-state index contributed by atoms with van der Waals surface area (Å²) in [4.78, 5) is 11.2. The number of para-hydroxylation sites is 1. The van der Waals surface area contributed by atoms with Crippen molar-refractivity contribution in [2.75, 3.05) is 0 Å². The van der Waals surface area contributed by atoms with Crippen LogP contribution in [0.5, 0.6) is 0 Å². The van der Waals surface area contributed by atoms with E-state index in [-0.39, 0.29) is 5.78 Å². The molecule has 0 saturated heterocycles. The fraction of sp³-hybridized carbons (Fsp3) is 0.250. The van der Waals surface area contributed by atoms with Crippen molar-refractivity contribution in [3.8, 4) is 0 Å². The first-order valence-corrected chi connectivity index (χ1v) is 5.61. The number of nitrogens with zero attached hydrogens (tertiary/aromatic N) is 1. The summed E-state index contributed by atoms with van der Waals surface area (Å²) >= 11 is 3.56. The van der Waals surface area contributed by atoms with Crippen molar-refractivity contribution >= 4 is 32.6 Å². The van der Waals surface area contributed by atoms with Gasteiger partial charge in [0.05, 0.1) is 0 Å². The minimum Gasteiger partial charge on any atom is -0.346 e. The number of hydrogen-bond donors (Lipinski definition) is 0. The number of Topliss-reactive ketones (excluding diaryl/α,β-unsaturated/α-hetero) is 1. The Bertz CT molecular complexity index is 489. The highest BCUT2D eigenvalue weighted by Crippen LogP contribution is 2.30. The second kappa shape index (κ2) is 3.81. The van der Waals surface area contributed by atoms with Gasteiger partial charge in [-0.3, -0.25) is 4.79 Å². The van der Waals surface area contributed by atoms with Crippen LogP contribution in [0.2, 0.25) is 0 Å². The molecule has 0 unspecified atom stereocenters. The Hall–Kier alpha value is -1.09. The maximum absolute atomic E-state index is 11.2. The summed E-state index contributed by atoms with van der Waals surface area (Å²) in [7, 11) is 1.99. The smallest absolute Gasteiger partial charge is 0.135 e. The molecule has 1 heterocycles. The molecule has 2 rings (SSSR count). The molecule has 0 saturated carbocycles. The Morgan fingerprint density at radius 3 is 2.67 bits per heavy atom. The van der Waals surface area contributed by atoms with Crippen molar-refractivity contribution in [2.24, 2.45) is 7.05 Å². The minimum absolute atomic E-state index is 0.182. The topological polar surface area (TPSA) is 22.0 Å². The van der Waals surface area contributed by atoms with Crippen LogP contribution in [0.3, 0.4) is 0 Å². The van der Waals surface area contributed by atoms with Gasteiger partial charge >= 0.3 is 0 Å². The van der Waals surface area contributed by atoms with Crippen molar-refractivity contribution < 1.29 is 4.79 Å². The fourth-order valence-electron chi connectivity index (χ4n) is 1.83. The van der Waals surface area contributed by atoms with Gasteiger partial charge in [-0.25, -0.2) is 0 Å². The lowest BCUT2D eigenvalue weighted by Gasteiger charge is -2.01. The van der Waals surface area contributed by atoms with Crippen LogP contribution in [-0.2, 0) is 18.3 Å². The Balaban J connectivity index is 2.69. The maximum atomic E-state index is 11.2. The SMILES string of the molecule is CC(=O)Cc1c(Br)c2ccccc2n1C. The van der Waals surface area contributed by atoms with Crippen molar-refractivity contribution in [3.05, 3.63) is 34.4 Å². The van der Waals surface area contributed by atoms with Crippen molar-refractivity contribution in [1.29, 1.82) is 0 Å². The number of carbonyl (C=O) groups is 1. The van der Waals surface area contributed by atoms with Gasteiger partial charge in [0, 0.05) is 34.5 Å². The van der Waals surface area contributed by atoms with Gasteiger partial charge in [0.1, 0.15) is 5.78 Å². The van der Waals surface area contributed by atoms with Crippen LogP contribution >= 0.6 is 15.9 Å². The Labute approximate surface area is 97.0 Å². The Morgan fingerprint density at radius 2 is 2.07 bits per heavy atom. The van der Waals surface area contributed by atoms with Crippen molar-refractivity contribution in [3.63, 3.8) is 0 Å². The second-order valence-electron chi connectivity index (χ2n) is 3.72. The Kier molecular flexibility index (Phi) is 2.65. The van der Waals surface area contributed by atoms with Crippen LogP contribution in [-0.4, -0.2) is 10.4 Å². The summed E-state index contributed by atoms with van der Waals surface area (Å²) in [6.45, 7) is 1.62. The fourth-order valence-corrected chi connectivity index (χ4v) is 2.57. The van der Waals surface area contributed by atoms with Crippen LogP contribution in [0.15, 0.2) is 28.7 Å². The average Bonchev–Trinajstić information content (AvgIpc) is 2.44. The highest BCUT2D eigenvalue weighted by molar-refractivity contribution is 9.10. The molecule has 0 aliphatic rings. The minimum atomic E-state index is 0.182. The molecule has 0 aliphatic heterocycles. The van der Waals surface area contributed by atoms with E-state index in [9.17, 15) is 4.79 Å². The third-order valence-corrected chi connectivity index (χ3v) is 3.46. The molecule has 78 valence electrons. The summed E-state index contributed by atoms with van der Waals surface area (Å²) in [6.07, 6.45) is 0.478. The molecule has 0 N–H and O–H groups in total. The van der Waals surface area contributed by atoms with Gasteiger partial charge in [-0.1, -0.05) is 18.2 Å². The van der Waals surface area contributed by atoms with E-state index in [2.05, 4.69) is 32.6 Å². The van der Waals surface area contributed by atoms with Crippen LogP contribution < -0.4 is 0 Å². The van der Waals surface area contributed by atoms with Crippen molar-refractivity contribution in [2.45, 2.75) is 13.3 Å². The van der Waals surface area contributed by atoms with Crippen LogP contribution in [0.1, 0.15) is 12.6 Å². The van der Waals surface area contributed by atoms with E-state index in [0.29, 0.717) is 6.42 Å². The lowest BCUT2D eigenvalue weighted by molar-refractivity contribution is -0.116. The number of aryl methyl sites for hydroxylation is 1. The number of carbonyl (C=O) groups excluding carboxylic acids is 1. The number of benzene rings is 1. The third-order valence-electron chi connectivity index (χ3n) is 2.58. The molecule has 0 aliphatic carbocycles.